The van der Waals surface area contributed by atoms with E-state index >= 15 is 0 Å². The smallest absolute Gasteiger partial charge is 0.167 e. The maximum absolute atomic E-state index is 13.2. The lowest BCUT2D eigenvalue weighted by molar-refractivity contribution is 0.0735. The van der Waals surface area contributed by atoms with Crippen LogP contribution >= 0.6 is 0 Å². The van der Waals surface area contributed by atoms with Gasteiger partial charge < -0.3 is 0 Å². The molecule has 2 nitrogen and oxygen atoms in total. The summed E-state index contributed by atoms with van der Waals surface area (Å²) < 4.78 is 0. The molecule has 2 aliphatic carbocycles. The molecule has 0 saturated heterocycles. The lowest BCUT2D eigenvalue weighted by Gasteiger charge is -2.37. The van der Waals surface area contributed by atoms with Gasteiger partial charge in [-0.3, -0.25) is 9.59 Å². The fourth-order valence-electron chi connectivity index (χ4n) is 4.70. The average molecular weight is 364 g/mol. The third-order valence-electron chi connectivity index (χ3n) is 6.07. The van der Waals surface area contributed by atoms with Crippen LogP contribution in [0.4, 0.5) is 0 Å². The molecule has 0 fully saturated rings. The Balaban J connectivity index is 1.67. The first-order valence-corrected chi connectivity index (χ1v) is 9.74. The van der Waals surface area contributed by atoms with Crippen molar-refractivity contribution in [2.24, 2.45) is 11.8 Å². The Morgan fingerprint density at radius 1 is 0.500 bits per heavy atom. The number of ketones is 2. The number of allylic oxidation sites excluding steroid dienone is 2. The lowest BCUT2D eigenvalue weighted by Crippen LogP contribution is -2.38. The van der Waals surface area contributed by atoms with E-state index in [1.165, 1.54) is 11.1 Å². The molecular formula is C26H20O2. The molecule has 5 rings (SSSR count). The summed E-state index contributed by atoms with van der Waals surface area (Å²) >= 11 is 0. The molecule has 0 heterocycles. The van der Waals surface area contributed by atoms with Gasteiger partial charge in [-0.25, -0.2) is 0 Å². The number of rotatable bonds is 2. The van der Waals surface area contributed by atoms with E-state index in [2.05, 4.69) is 24.3 Å². The second-order valence-corrected chi connectivity index (χ2v) is 7.58. The number of fused-ring (bicyclic) bond motifs is 2. The third kappa shape index (κ3) is 2.65. The minimum Gasteiger partial charge on any atom is -0.294 e. The van der Waals surface area contributed by atoms with Gasteiger partial charge in [-0.1, -0.05) is 84.9 Å². The first kappa shape index (κ1) is 16.9. The summed E-state index contributed by atoms with van der Waals surface area (Å²) in [4.78, 5) is 26.5. The van der Waals surface area contributed by atoms with E-state index < -0.39 is 0 Å². The first-order chi connectivity index (χ1) is 13.7. The van der Waals surface area contributed by atoms with Crippen molar-refractivity contribution in [3.8, 4) is 0 Å². The van der Waals surface area contributed by atoms with Crippen LogP contribution in [0, 0.1) is 11.8 Å². The molecule has 0 amide bonds. The molecule has 0 aliphatic heterocycles. The highest BCUT2D eigenvalue weighted by Crippen LogP contribution is 2.47. The van der Waals surface area contributed by atoms with Crippen molar-refractivity contribution in [2.75, 3.05) is 0 Å². The summed E-state index contributed by atoms with van der Waals surface area (Å²) in [6.45, 7) is 0. The van der Waals surface area contributed by atoms with Gasteiger partial charge in [0.05, 0.1) is 0 Å². The predicted molar refractivity (Wildman–Crippen MR) is 111 cm³/mol. The van der Waals surface area contributed by atoms with Crippen molar-refractivity contribution in [1.82, 2.24) is 0 Å². The Morgan fingerprint density at radius 2 is 0.857 bits per heavy atom. The Bertz CT molecular complexity index is 1010. The molecular weight excluding hydrogens is 344 g/mol. The van der Waals surface area contributed by atoms with Crippen molar-refractivity contribution in [3.63, 3.8) is 0 Å². The zero-order valence-corrected chi connectivity index (χ0v) is 15.5. The van der Waals surface area contributed by atoms with Crippen LogP contribution in [0.2, 0.25) is 0 Å². The standard InChI is InChI=1S/C26H20O2/c27-25-19-13-7-8-14-20(19)26(28)24-16-22(18-11-5-2-6-12-18)21(15-23(24)25)17-9-3-1-4-10-17/h1-14,23-24H,15-16H2. The zero-order valence-electron chi connectivity index (χ0n) is 15.5. The Hall–Kier alpha value is -3.26. The predicted octanol–water partition coefficient (Wildman–Crippen LogP) is 5.70. The highest BCUT2D eigenvalue weighted by atomic mass is 16.1. The van der Waals surface area contributed by atoms with Crippen LogP contribution in [0.1, 0.15) is 44.7 Å². The zero-order chi connectivity index (χ0) is 19.1. The van der Waals surface area contributed by atoms with Gasteiger partial charge in [0, 0.05) is 23.0 Å². The quantitative estimate of drug-likeness (QED) is 0.584. The van der Waals surface area contributed by atoms with Crippen LogP contribution in [-0.4, -0.2) is 11.6 Å². The van der Waals surface area contributed by atoms with Gasteiger partial charge >= 0.3 is 0 Å². The SMILES string of the molecule is O=C1c2ccccc2C(=O)C2CC(c3ccccc3)=C(c3ccccc3)CC12. The Kier molecular flexibility index (Phi) is 4.05. The minimum absolute atomic E-state index is 0.112. The van der Waals surface area contributed by atoms with Crippen LogP contribution in [0.3, 0.4) is 0 Å². The van der Waals surface area contributed by atoms with Gasteiger partial charge in [-0.15, -0.1) is 0 Å². The largest absolute Gasteiger partial charge is 0.294 e. The van der Waals surface area contributed by atoms with Crippen molar-refractivity contribution in [3.05, 3.63) is 107 Å². The van der Waals surface area contributed by atoms with Crippen molar-refractivity contribution >= 4 is 22.7 Å². The maximum atomic E-state index is 13.2. The number of Topliss-reactive ketones (excluding diaryl/α,β-unsaturated/α-hetero) is 2. The van der Waals surface area contributed by atoms with E-state index in [-0.39, 0.29) is 23.4 Å². The summed E-state index contributed by atoms with van der Waals surface area (Å²) in [7, 11) is 0. The summed E-state index contributed by atoms with van der Waals surface area (Å²) in [6.07, 6.45) is 1.22. The molecule has 28 heavy (non-hydrogen) atoms. The first-order valence-electron chi connectivity index (χ1n) is 9.74. The van der Waals surface area contributed by atoms with Gasteiger partial charge in [0.1, 0.15) is 0 Å². The van der Waals surface area contributed by atoms with Crippen molar-refractivity contribution in [1.29, 1.82) is 0 Å². The average Bonchev–Trinajstić information content (AvgIpc) is 2.78. The van der Waals surface area contributed by atoms with Crippen LogP contribution in [0.5, 0.6) is 0 Å². The number of benzene rings is 3. The molecule has 3 aromatic rings. The minimum atomic E-state index is -0.273. The molecule has 3 aromatic carbocycles. The van der Waals surface area contributed by atoms with E-state index in [1.807, 2.05) is 48.5 Å². The molecule has 0 aromatic heterocycles. The molecule has 0 radical (unpaired) electrons. The lowest BCUT2D eigenvalue weighted by atomic mass is 9.64. The van der Waals surface area contributed by atoms with E-state index in [4.69, 9.17) is 0 Å². The number of carbonyl (C=O) groups excluding carboxylic acids is 2. The van der Waals surface area contributed by atoms with E-state index in [0.29, 0.717) is 24.0 Å². The fourth-order valence-corrected chi connectivity index (χ4v) is 4.70. The molecule has 136 valence electrons. The number of hydrogen-bond acceptors (Lipinski definition) is 2. The van der Waals surface area contributed by atoms with E-state index in [1.54, 1.807) is 12.1 Å². The van der Waals surface area contributed by atoms with Crippen LogP contribution in [0.15, 0.2) is 84.9 Å². The van der Waals surface area contributed by atoms with Crippen LogP contribution < -0.4 is 0 Å². The Morgan fingerprint density at radius 3 is 1.25 bits per heavy atom. The molecule has 2 heteroatoms. The molecule has 0 spiro atoms. The second kappa shape index (κ2) is 6.72. The second-order valence-electron chi connectivity index (χ2n) is 7.58. The fraction of sp³-hybridized carbons (Fsp3) is 0.154. The molecule has 0 N–H and O–H groups in total. The topological polar surface area (TPSA) is 34.1 Å². The third-order valence-corrected chi connectivity index (χ3v) is 6.07. The van der Waals surface area contributed by atoms with Gasteiger partial charge in [0.15, 0.2) is 11.6 Å². The number of hydrogen-bond donors (Lipinski definition) is 0. The maximum Gasteiger partial charge on any atom is 0.167 e. The van der Waals surface area contributed by atoms with E-state index in [9.17, 15) is 9.59 Å². The van der Waals surface area contributed by atoms with Crippen LogP contribution in [-0.2, 0) is 0 Å². The summed E-state index contributed by atoms with van der Waals surface area (Å²) in [5.41, 5.74) is 5.83. The summed E-state index contributed by atoms with van der Waals surface area (Å²) in [6, 6.07) is 27.8. The highest BCUT2D eigenvalue weighted by Gasteiger charge is 2.44. The van der Waals surface area contributed by atoms with Gasteiger partial charge in [-0.05, 0) is 35.1 Å². The summed E-state index contributed by atoms with van der Waals surface area (Å²) in [5.74, 6) is -0.323. The van der Waals surface area contributed by atoms with Crippen molar-refractivity contribution < 1.29 is 9.59 Å². The molecule has 0 bridgehead atoms. The monoisotopic (exact) mass is 364 g/mol. The molecule has 2 atom stereocenters. The Labute approximate surface area is 164 Å². The normalized spacial score (nSPS) is 21.3. The van der Waals surface area contributed by atoms with Crippen LogP contribution in [0.25, 0.3) is 11.1 Å². The molecule has 2 unspecified atom stereocenters. The van der Waals surface area contributed by atoms with Gasteiger partial charge in [0.25, 0.3) is 0 Å². The molecule has 2 aliphatic rings. The highest BCUT2D eigenvalue weighted by molar-refractivity contribution is 6.17. The van der Waals surface area contributed by atoms with Gasteiger partial charge in [0.2, 0.25) is 0 Å². The van der Waals surface area contributed by atoms with E-state index in [0.717, 1.165) is 11.1 Å². The molecule has 0 saturated carbocycles. The van der Waals surface area contributed by atoms with Gasteiger partial charge in [-0.2, -0.15) is 0 Å². The van der Waals surface area contributed by atoms with Crippen molar-refractivity contribution in [2.45, 2.75) is 12.8 Å². The number of carbonyl (C=O) groups is 2. The summed E-state index contributed by atoms with van der Waals surface area (Å²) in [5, 5.41) is 0.